The van der Waals surface area contributed by atoms with E-state index in [2.05, 4.69) is 6.58 Å². The Balaban J connectivity index is 2.34. The average molecular weight is 138 g/mol. The molecule has 0 aromatic heterocycles. The van der Waals surface area contributed by atoms with Gasteiger partial charge in [-0.25, -0.2) is 0 Å². The molecule has 0 aromatic carbocycles. The van der Waals surface area contributed by atoms with Crippen molar-refractivity contribution in [1.82, 2.24) is 0 Å². The molecular weight excluding hydrogens is 124 g/mol. The molecule has 0 saturated heterocycles. The topological polar surface area (TPSA) is 20.2 Å². The average Bonchev–Trinajstić information content (AvgIpc) is 2.37. The van der Waals surface area contributed by atoms with E-state index < -0.39 is 5.60 Å². The lowest BCUT2D eigenvalue weighted by Gasteiger charge is -2.30. The quantitative estimate of drug-likeness (QED) is 0.505. The van der Waals surface area contributed by atoms with Crippen LogP contribution in [-0.4, -0.2) is 10.7 Å². The van der Waals surface area contributed by atoms with Crippen molar-refractivity contribution in [2.45, 2.75) is 31.8 Å². The fourth-order valence-electron chi connectivity index (χ4n) is 2.48. The minimum atomic E-state index is -0.525. The van der Waals surface area contributed by atoms with Gasteiger partial charge < -0.3 is 5.11 Å². The van der Waals surface area contributed by atoms with E-state index in [1.807, 2.05) is 6.92 Å². The van der Waals surface area contributed by atoms with Gasteiger partial charge in [-0.3, -0.25) is 0 Å². The van der Waals surface area contributed by atoms with Crippen LogP contribution in [0, 0.1) is 11.8 Å². The molecule has 2 rings (SSSR count). The normalized spacial score (nSPS) is 52.4. The van der Waals surface area contributed by atoms with Crippen LogP contribution in [0.2, 0.25) is 0 Å². The van der Waals surface area contributed by atoms with Gasteiger partial charge in [-0.2, -0.15) is 0 Å². The van der Waals surface area contributed by atoms with Crippen molar-refractivity contribution >= 4 is 0 Å². The summed E-state index contributed by atoms with van der Waals surface area (Å²) < 4.78 is 0. The third kappa shape index (κ3) is 0.567. The van der Waals surface area contributed by atoms with Crippen LogP contribution in [0.15, 0.2) is 12.2 Å². The third-order valence-corrected chi connectivity index (χ3v) is 3.37. The molecule has 0 aromatic rings. The molecule has 2 saturated carbocycles. The minimum Gasteiger partial charge on any atom is -0.386 e. The van der Waals surface area contributed by atoms with E-state index in [1.54, 1.807) is 0 Å². The smallest absolute Gasteiger partial charge is 0.0857 e. The highest BCUT2D eigenvalue weighted by atomic mass is 16.3. The fourth-order valence-corrected chi connectivity index (χ4v) is 2.48. The summed E-state index contributed by atoms with van der Waals surface area (Å²) in [5, 5.41) is 9.85. The van der Waals surface area contributed by atoms with Gasteiger partial charge >= 0.3 is 0 Å². The molecule has 2 aliphatic rings. The molecule has 0 heterocycles. The summed E-state index contributed by atoms with van der Waals surface area (Å²) in [7, 11) is 0. The Bertz CT molecular complexity index is 181. The summed E-state index contributed by atoms with van der Waals surface area (Å²) in [6.45, 7) is 5.86. The lowest BCUT2D eigenvalue weighted by molar-refractivity contribution is 0.0468. The number of aliphatic hydroxyl groups is 1. The van der Waals surface area contributed by atoms with Gasteiger partial charge in [-0.15, -0.1) is 0 Å². The predicted molar refractivity (Wildman–Crippen MR) is 40.6 cm³/mol. The van der Waals surface area contributed by atoms with Gasteiger partial charge in [0.1, 0.15) is 0 Å². The van der Waals surface area contributed by atoms with Crippen LogP contribution in [0.5, 0.6) is 0 Å². The maximum atomic E-state index is 9.85. The first-order valence-corrected chi connectivity index (χ1v) is 4.04. The Kier molecular flexibility index (Phi) is 1.06. The maximum Gasteiger partial charge on any atom is 0.0857 e. The number of hydrogen-bond donors (Lipinski definition) is 1. The van der Waals surface area contributed by atoms with Gasteiger partial charge in [0.05, 0.1) is 5.60 Å². The Morgan fingerprint density at radius 2 is 2.30 bits per heavy atom. The highest BCUT2D eigenvalue weighted by Gasteiger charge is 2.49. The molecular formula is C9H14O. The van der Waals surface area contributed by atoms with Crippen molar-refractivity contribution in [3.63, 3.8) is 0 Å². The summed E-state index contributed by atoms with van der Waals surface area (Å²) in [6.07, 6.45) is 3.65. The second-order valence-electron chi connectivity index (χ2n) is 3.88. The van der Waals surface area contributed by atoms with Crippen LogP contribution < -0.4 is 0 Å². The lowest BCUT2D eigenvalue weighted by atomic mass is 9.82. The number of fused-ring (bicyclic) bond motifs is 2. The lowest BCUT2D eigenvalue weighted by Crippen LogP contribution is -2.32. The third-order valence-electron chi connectivity index (χ3n) is 3.37. The largest absolute Gasteiger partial charge is 0.386 e. The summed E-state index contributed by atoms with van der Waals surface area (Å²) >= 11 is 0. The Labute approximate surface area is 61.8 Å². The molecule has 0 unspecified atom stereocenters. The zero-order valence-electron chi connectivity index (χ0n) is 6.43. The highest BCUT2D eigenvalue weighted by Crippen LogP contribution is 2.53. The zero-order chi connectivity index (χ0) is 7.35. The van der Waals surface area contributed by atoms with Crippen LogP contribution in [0.4, 0.5) is 0 Å². The van der Waals surface area contributed by atoms with Crippen LogP contribution in [0.25, 0.3) is 0 Å². The van der Waals surface area contributed by atoms with Crippen LogP contribution in [-0.2, 0) is 0 Å². The molecule has 10 heavy (non-hydrogen) atoms. The van der Waals surface area contributed by atoms with E-state index in [0.29, 0.717) is 11.8 Å². The molecule has 2 fully saturated rings. The van der Waals surface area contributed by atoms with E-state index in [-0.39, 0.29) is 0 Å². The minimum absolute atomic E-state index is 0.519. The van der Waals surface area contributed by atoms with E-state index in [0.717, 1.165) is 5.57 Å². The highest BCUT2D eigenvalue weighted by molar-refractivity contribution is 5.25. The van der Waals surface area contributed by atoms with Crippen molar-refractivity contribution in [3.8, 4) is 0 Å². The van der Waals surface area contributed by atoms with E-state index >= 15 is 0 Å². The molecule has 0 aliphatic heterocycles. The molecule has 3 atom stereocenters. The molecule has 2 bridgehead atoms. The maximum absolute atomic E-state index is 9.85. The number of rotatable bonds is 0. The van der Waals surface area contributed by atoms with E-state index in [9.17, 15) is 5.11 Å². The second kappa shape index (κ2) is 1.65. The standard InChI is InChI=1S/C9H14O/c1-6-7-3-4-8(5-7)9(6,2)10/h7-8,10H,1,3-5H2,2H3/t7-,8+,9+/m0/s1. The van der Waals surface area contributed by atoms with Gasteiger partial charge in [0.25, 0.3) is 0 Å². The predicted octanol–water partition coefficient (Wildman–Crippen LogP) is 1.72. The molecule has 0 amide bonds. The van der Waals surface area contributed by atoms with E-state index in [4.69, 9.17) is 0 Å². The van der Waals surface area contributed by atoms with Gasteiger partial charge in [0.15, 0.2) is 0 Å². The van der Waals surface area contributed by atoms with Gasteiger partial charge in [0, 0.05) is 0 Å². The summed E-state index contributed by atoms with van der Waals surface area (Å²) in [5.41, 5.74) is 0.562. The van der Waals surface area contributed by atoms with Crippen LogP contribution in [0.1, 0.15) is 26.2 Å². The first-order chi connectivity index (χ1) is 4.62. The van der Waals surface area contributed by atoms with E-state index in [1.165, 1.54) is 19.3 Å². The molecule has 1 heteroatoms. The number of hydrogen-bond acceptors (Lipinski definition) is 1. The van der Waals surface area contributed by atoms with Crippen molar-refractivity contribution < 1.29 is 5.11 Å². The summed E-state index contributed by atoms with van der Waals surface area (Å²) in [6, 6.07) is 0. The van der Waals surface area contributed by atoms with Crippen LogP contribution in [0.3, 0.4) is 0 Å². The van der Waals surface area contributed by atoms with Crippen molar-refractivity contribution in [1.29, 1.82) is 0 Å². The molecule has 1 N–H and O–H groups in total. The Morgan fingerprint density at radius 1 is 1.60 bits per heavy atom. The molecule has 0 spiro atoms. The summed E-state index contributed by atoms with van der Waals surface area (Å²) in [4.78, 5) is 0. The zero-order valence-corrected chi connectivity index (χ0v) is 6.43. The van der Waals surface area contributed by atoms with Crippen molar-refractivity contribution in [2.24, 2.45) is 11.8 Å². The van der Waals surface area contributed by atoms with Crippen molar-refractivity contribution in [3.05, 3.63) is 12.2 Å². The fraction of sp³-hybridized carbons (Fsp3) is 0.778. The molecule has 56 valence electrons. The SMILES string of the molecule is C=C1[C@H]2CC[C@H](C2)[C@]1(C)O. The van der Waals surface area contributed by atoms with Crippen LogP contribution >= 0.6 is 0 Å². The van der Waals surface area contributed by atoms with Gasteiger partial charge in [-0.05, 0) is 43.6 Å². The molecule has 1 nitrogen and oxygen atoms in total. The Hall–Kier alpha value is -0.300. The van der Waals surface area contributed by atoms with Gasteiger partial charge in [-0.1, -0.05) is 6.58 Å². The summed E-state index contributed by atoms with van der Waals surface area (Å²) in [5.74, 6) is 1.16. The van der Waals surface area contributed by atoms with Crippen molar-refractivity contribution in [2.75, 3.05) is 0 Å². The monoisotopic (exact) mass is 138 g/mol. The first kappa shape index (κ1) is 6.41. The second-order valence-corrected chi connectivity index (χ2v) is 3.88. The molecule has 0 radical (unpaired) electrons. The molecule has 2 aliphatic carbocycles. The van der Waals surface area contributed by atoms with Gasteiger partial charge in [0.2, 0.25) is 0 Å². The Morgan fingerprint density at radius 3 is 2.60 bits per heavy atom. The first-order valence-electron chi connectivity index (χ1n) is 4.04.